The third-order valence-corrected chi connectivity index (χ3v) is 6.59. The molecule has 3 aromatic carbocycles. The molecule has 39 heavy (non-hydrogen) atoms. The van der Waals surface area contributed by atoms with Gasteiger partial charge in [-0.2, -0.15) is 9.97 Å². The molecule has 5 aromatic rings. The predicted octanol–water partition coefficient (Wildman–Crippen LogP) is 5.78. The van der Waals surface area contributed by atoms with Crippen LogP contribution in [0, 0.1) is 0 Å². The number of fused-ring (bicyclic) bond motifs is 1. The zero-order valence-electron chi connectivity index (χ0n) is 21.5. The monoisotopic (exact) mass is 519 g/mol. The molecule has 0 bridgehead atoms. The SMILES string of the molecule is O=C1CCCN1CCCNc1nc(Nc2ccc(Oc3ccccc3)cc2)c2ncn(-c3ccccc3)c2n1. The van der Waals surface area contributed by atoms with E-state index >= 15 is 0 Å². The summed E-state index contributed by atoms with van der Waals surface area (Å²) in [4.78, 5) is 28.0. The molecule has 0 saturated carbocycles. The highest BCUT2D eigenvalue weighted by molar-refractivity contribution is 5.87. The fourth-order valence-electron chi connectivity index (χ4n) is 4.62. The second-order valence-electron chi connectivity index (χ2n) is 9.35. The molecule has 2 N–H and O–H groups in total. The summed E-state index contributed by atoms with van der Waals surface area (Å²) in [6.45, 7) is 2.24. The van der Waals surface area contributed by atoms with E-state index in [2.05, 4.69) is 15.6 Å². The Balaban J connectivity index is 1.23. The first kappa shape index (κ1) is 24.4. The number of carbonyl (C=O) groups is 1. The standard InChI is InChI=1S/C30H29N7O2/c38-26-13-7-19-36(26)20-8-18-31-30-34-28(27-29(35-30)37(21-32-27)23-9-3-1-4-10-23)33-22-14-16-25(17-15-22)39-24-11-5-2-6-12-24/h1-6,9-12,14-17,21H,7-8,13,18-20H2,(H2,31,33,34,35). The van der Waals surface area contributed by atoms with Crippen LogP contribution in [0.1, 0.15) is 19.3 Å². The van der Waals surface area contributed by atoms with Crippen LogP contribution in [0.5, 0.6) is 11.5 Å². The number of hydrogen-bond acceptors (Lipinski definition) is 7. The molecule has 6 rings (SSSR count). The van der Waals surface area contributed by atoms with E-state index in [0.29, 0.717) is 35.9 Å². The normalized spacial score (nSPS) is 13.1. The van der Waals surface area contributed by atoms with Crippen molar-refractivity contribution < 1.29 is 9.53 Å². The topological polar surface area (TPSA) is 97.2 Å². The van der Waals surface area contributed by atoms with Crippen LogP contribution in [-0.2, 0) is 4.79 Å². The maximum Gasteiger partial charge on any atom is 0.226 e. The second kappa shape index (κ2) is 11.2. The van der Waals surface area contributed by atoms with Gasteiger partial charge in [-0.1, -0.05) is 36.4 Å². The summed E-state index contributed by atoms with van der Waals surface area (Å²) in [6, 6.07) is 27.4. The Labute approximate surface area is 226 Å². The smallest absolute Gasteiger partial charge is 0.226 e. The van der Waals surface area contributed by atoms with Crippen molar-refractivity contribution in [2.45, 2.75) is 19.3 Å². The van der Waals surface area contributed by atoms with Gasteiger partial charge in [-0.25, -0.2) is 4.98 Å². The molecule has 0 radical (unpaired) electrons. The second-order valence-corrected chi connectivity index (χ2v) is 9.35. The van der Waals surface area contributed by atoms with Crippen LogP contribution < -0.4 is 15.4 Å². The Morgan fingerprint density at radius 1 is 0.872 bits per heavy atom. The lowest BCUT2D eigenvalue weighted by molar-refractivity contribution is -0.127. The van der Waals surface area contributed by atoms with Crippen molar-refractivity contribution in [3.8, 4) is 17.2 Å². The summed E-state index contributed by atoms with van der Waals surface area (Å²) in [6.07, 6.45) is 4.19. The van der Waals surface area contributed by atoms with Crippen LogP contribution in [0.3, 0.4) is 0 Å². The van der Waals surface area contributed by atoms with Gasteiger partial charge in [0, 0.05) is 37.4 Å². The lowest BCUT2D eigenvalue weighted by atomic mass is 10.3. The Hall–Kier alpha value is -4.92. The molecule has 0 unspecified atom stereocenters. The van der Waals surface area contributed by atoms with Crippen molar-refractivity contribution in [2.75, 3.05) is 30.3 Å². The minimum atomic E-state index is 0.242. The summed E-state index contributed by atoms with van der Waals surface area (Å²) in [7, 11) is 0. The van der Waals surface area contributed by atoms with Gasteiger partial charge >= 0.3 is 0 Å². The van der Waals surface area contributed by atoms with Gasteiger partial charge < -0.3 is 20.3 Å². The highest BCUT2D eigenvalue weighted by atomic mass is 16.5. The summed E-state index contributed by atoms with van der Waals surface area (Å²) >= 11 is 0. The van der Waals surface area contributed by atoms with Gasteiger partial charge in [-0.3, -0.25) is 9.36 Å². The Bertz CT molecular complexity index is 1550. The lowest BCUT2D eigenvalue weighted by Crippen LogP contribution is -2.27. The molecular weight excluding hydrogens is 490 g/mol. The van der Waals surface area contributed by atoms with Crippen LogP contribution in [-0.4, -0.2) is 50.0 Å². The predicted molar refractivity (Wildman–Crippen MR) is 152 cm³/mol. The van der Waals surface area contributed by atoms with Crippen molar-refractivity contribution in [1.82, 2.24) is 24.4 Å². The molecule has 2 aromatic heterocycles. The maximum absolute atomic E-state index is 11.9. The van der Waals surface area contributed by atoms with E-state index in [0.717, 1.165) is 48.8 Å². The van der Waals surface area contributed by atoms with Crippen molar-refractivity contribution in [3.63, 3.8) is 0 Å². The third-order valence-electron chi connectivity index (χ3n) is 6.59. The number of para-hydroxylation sites is 2. The van der Waals surface area contributed by atoms with Crippen LogP contribution in [0.25, 0.3) is 16.9 Å². The highest BCUT2D eigenvalue weighted by Crippen LogP contribution is 2.28. The van der Waals surface area contributed by atoms with Crippen LogP contribution >= 0.6 is 0 Å². The number of amides is 1. The van der Waals surface area contributed by atoms with E-state index < -0.39 is 0 Å². The fraction of sp³-hybridized carbons (Fsp3) is 0.200. The van der Waals surface area contributed by atoms with E-state index in [1.165, 1.54) is 0 Å². The first-order valence-corrected chi connectivity index (χ1v) is 13.1. The van der Waals surface area contributed by atoms with Crippen molar-refractivity contribution in [3.05, 3.63) is 91.3 Å². The highest BCUT2D eigenvalue weighted by Gasteiger charge is 2.19. The van der Waals surface area contributed by atoms with E-state index in [-0.39, 0.29) is 5.91 Å². The van der Waals surface area contributed by atoms with E-state index in [9.17, 15) is 4.79 Å². The molecule has 0 aliphatic carbocycles. The fourth-order valence-corrected chi connectivity index (χ4v) is 4.62. The largest absolute Gasteiger partial charge is 0.457 e. The van der Waals surface area contributed by atoms with Gasteiger partial charge in [0.25, 0.3) is 0 Å². The van der Waals surface area contributed by atoms with E-state index in [1.54, 1.807) is 6.33 Å². The number of likely N-dealkylation sites (tertiary alicyclic amines) is 1. The summed E-state index contributed by atoms with van der Waals surface area (Å²) < 4.78 is 7.87. The van der Waals surface area contributed by atoms with Crippen molar-refractivity contribution in [2.24, 2.45) is 0 Å². The molecule has 0 spiro atoms. The number of nitrogens with zero attached hydrogens (tertiary/aromatic N) is 5. The molecule has 9 nitrogen and oxygen atoms in total. The number of nitrogens with one attached hydrogen (secondary N) is 2. The Kier molecular flexibility index (Phi) is 7.03. The molecule has 196 valence electrons. The van der Waals surface area contributed by atoms with Crippen LogP contribution in [0.2, 0.25) is 0 Å². The zero-order chi connectivity index (χ0) is 26.4. The van der Waals surface area contributed by atoms with Gasteiger partial charge in [-0.15, -0.1) is 0 Å². The molecule has 0 atom stereocenters. The molecule has 3 heterocycles. The minimum Gasteiger partial charge on any atom is -0.457 e. The summed E-state index contributed by atoms with van der Waals surface area (Å²) in [5.74, 6) is 2.87. The van der Waals surface area contributed by atoms with E-state index in [4.69, 9.17) is 14.7 Å². The summed E-state index contributed by atoms with van der Waals surface area (Å²) in [5.41, 5.74) is 3.17. The number of imidazole rings is 1. The molecule has 1 fully saturated rings. The average molecular weight is 520 g/mol. The molecule has 1 aliphatic rings. The van der Waals surface area contributed by atoms with Crippen molar-refractivity contribution >= 4 is 34.5 Å². The number of benzene rings is 3. The number of aromatic nitrogens is 4. The van der Waals surface area contributed by atoms with E-state index in [1.807, 2.05) is 94.4 Å². The van der Waals surface area contributed by atoms with Crippen LogP contribution in [0.15, 0.2) is 91.3 Å². The number of anilines is 3. The number of carbonyl (C=O) groups excluding carboxylic acids is 1. The van der Waals surface area contributed by atoms with Gasteiger partial charge in [0.2, 0.25) is 11.9 Å². The van der Waals surface area contributed by atoms with Gasteiger partial charge in [0.1, 0.15) is 17.8 Å². The van der Waals surface area contributed by atoms with Gasteiger partial charge in [0.15, 0.2) is 17.0 Å². The Morgan fingerprint density at radius 2 is 1.62 bits per heavy atom. The third kappa shape index (κ3) is 5.67. The minimum absolute atomic E-state index is 0.242. The quantitative estimate of drug-likeness (QED) is 0.226. The number of rotatable bonds is 10. The number of ether oxygens (including phenoxy) is 1. The Morgan fingerprint density at radius 3 is 2.36 bits per heavy atom. The van der Waals surface area contributed by atoms with Gasteiger partial charge in [0.05, 0.1) is 0 Å². The molecule has 1 aliphatic heterocycles. The maximum atomic E-state index is 11.9. The molecular formula is C30H29N7O2. The molecule has 1 amide bonds. The lowest BCUT2D eigenvalue weighted by Gasteiger charge is -2.15. The number of hydrogen-bond donors (Lipinski definition) is 2. The van der Waals surface area contributed by atoms with Crippen molar-refractivity contribution in [1.29, 1.82) is 0 Å². The van der Waals surface area contributed by atoms with Crippen LogP contribution in [0.4, 0.5) is 17.5 Å². The molecule has 1 saturated heterocycles. The first-order valence-electron chi connectivity index (χ1n) is 13.1. The zero-order valence-corrected chi connectivity index (χ0v) is 21.5. The molecule has 9 heteroatoms. The average Bonchev–Trinajstić information content (AvgIpc) is 3.59. The summed E-state index contributed by atoms with van der Waals surface area (Å²) in [5, 5.41) is 6.75. The first-order chi connectivity index (χ1) is 19.2. The van der Waals surface area contributed by atoms with Gasteiger partial charge in [-0.05, 0) is 61.4 Å².